The summed E-state index contributed by atoms with van der Waals surface area (Å²) in [5.74, 6) is 2.48. The fourth-order valence-electron chi connectivity index (χ4n) is 3.55. The van der Waals surface area contributed by atoms with Crippen LogP contribution in [0, 0.1) is 0 Å². The van der Waals surface area contributed by atoms with Gasteiger partial charge in [-0.05, 0) is 43.9 Å². The molecule has 7 heteroatoms. The number of nitrogens with zero attached hydrogens (tertiary/aromatic N) is 1. The van der Waals surface area contributed by atoms with Crippen molar-refractivity contribution in [1.29, 1.82) is 0 Å². The molecule has 7 nitrogen and oxygen atoms in total. The van der Waals surface area contributed by atoms with Crippen LogP contribution in [0.2, 0.25) is 0 Å². The van der Waals surface area contributed by atoms with Crippen LogP contribution in [-0.4, -0.2) is 64.7 Å². The average molecular weight is 420 g/mol. The second kappa shape index (κ2) is 11.4. The first kappa shape index (κ1) is 22.7. The van der Waals surface area contributed by atoms with E-state index in [1.54, 1.807) is 0 Å². The van der Waals surface area contributed by atoms with Crippen molar-refractivity contribution in [2.45, 2.75) is 51.6 Å². The highest BCUT2D eigenvalue weighted by Crippen LogP contribution is 2.35. The lowest BCUT2D eigenvalue weighted by Crippen LogP contribution is -2.39. The molecule has 0 radical (unpaired) electrons. The summed E-state index contributed by atoms with van der Waals surface area (Å²) in [6.45, 7) is 12.3. The van der Waals surface area contributed by atoms with Gasteiger partial charge in [0.2, 0.25) is 0 Å². The lowest BCUT2D eigenvalue weighted by atomic mass is 9.84. The second-order valence-corrected chi connectivity index (χ2v) is 8.43. The Labute approximate surface area is 180 Å². The topological polar surface area (TPSA) is 73.3 Å². The van der Waals surface area contributed by atoms with E-state index >= 15 is 0 Å². The summed E-state index contributed by atoms with van der Waals surface area (Å²) >= 11 is 0. The van der Waals surface area contributed by atoms with Crippen molar-refractivity contribution in [1.82, 2.24) is 10.6 Å². The number of fused-ring (bicyclic) bond motifs is 1. The van der Waals surface area contributed by atoms with E-state index in [2.05, 4.69) is 43.5 Å². The maximum Gasteiger partial charge on any atom is 0.191 e. The molecule has 2 N–H and O–H groups in total. The molecule has 0 aliphatic carbocycles. The van der Waals surface area contributed by atoms with Crippen LogP contribution in [0.3, 0.4) is 0 Å². The summed E-state index contributed by atoms with van der Waals surface area (Å²) in [5, 5.41) is 6.73. The van der Waals surface area contributed by atoms with Crippen molar-refractivity contribution in [3.05, 3.63) is 23.8 Å². The van der Waals surface area contributed by atoms with E-state index in [0.717, 1.165) is 63.0 Å². The standard InChI is InChI=1S/C23H37N3O4/c1-4-24-22(25-10-6-11-27-16-19-7-5-12-28-19)26-17-23(2,3)18-8-9-20-21(15-18)30-14-13-29-20/h8-9,15,19H,4-7,10-14,16-17H2,1-3H3,(H2,24,25,26). The molecule has 1 aromatic carbocycles. The highest BCUT2D eigenvalue weighted by atomic mass is 16.6. The number of hydrogen-bond donors (Lipinski definition) is 2. The molecule has 2 aliphatic heterocycles. The summed E-state index contributed by atoms with van der Waals surface area (Å²) in [6.07, 6.45) is 3.50. The van der Waals surface area contributed by atoms with Crippen LogP contribution >= 0.6 is 0 Å². The second-order valence-electron chi connectivity index (χ2n) is 8.43. The molecule has 0 spiro atoms. The van der Waals surface area contributed by atoms with Crippen LogP contribution in [0.4, 0.5) is 0 Å². The van der Waals surface area contributed by atoms with E-state index in [1.807, 2.05) is 6.07 Å². The Hall–Kier alpha value is -1.99. The first-order valence-electron chi connectivity index (χ1n) is 11.2. The van der Waals surface area contributed by atoms with E-state index in [-0.39, 0.29) is 5.41 Å². The fourth-order valence-corrected chi connectivity index (χ4v) is 3.55. The molecule has 0 amide bonds. The predicted molar refractivity (Wildman–Crippen MR) is 119 cm³/mol. The molecule has 3 rings (SSSR count). The maximum atomic E-state index is 5.74. The summed E-state index contributed by atoms with van der Waals surface area (Å²) in [5.41, 5.74) is 1.07. The summed E-state index contributed by atoms with van der Waals surface area (Å²) in [4.78, 5) is 4.82. The molecule has 0 aromatic heterocycles. The molecular formula is C23H37N3O4. The normalized spacial score (nSPS) is 19.0. The zero-order chi connectivity index (χ0) is 21.2. The summed E-state index contributed by atoms with van der Waals surface area (Å²) < 4.78 is 22.7. The summed E-state index contributed by atoms with van der Waals surface area (Å²) in [6, 6.07) is 6.18. The van der Waals surface area contributed by atoms with Gasteiger partial charge in [0, 0.05) is 31.7 Å². The number of hydrogen-bond acceptors (Lipinski definition) is 5. The van der Waals surface area contributed by atoms with E-state index in [1.165, 1.54) is 5.56 Å². The molecule has 1 saturated heterocycles. The Morgan fingerprint density at radius 1 is 1.17 bits per heavy atom. The van der Waals surface area contributed by atoms with Crippen LogP contribution in [0.5, 0.6) is 11.5 Å². The third kappa shape index (κ3) is 6.77. The van der Waals surface area contributed by atoms with Crippen LogP contribution in [0.1, 0.15) is 45.6 Å². The average Bonchev–Trinajstić information content (AvgIpc) is 3.27. The number of nitrogens with one attached hydrogen (secondary N) is 2. The molecule has 2 aliphatic rings. The van der Waals surface area contributed by atoms with Crippen molar-refractivity contribution in [3.63, 3.8) is 0 Å². The molecular weight excluding hydrogens is 382 g/mol. The van der Waals surface area contributed by atoms with Crippen molar-refractivity contribution in [3.8, 4) is 11.5 Å². The van der Waals surface area contributed by atoms with Gasteiger partial charge in [-0.2, -0.15) is 0 Å². The van der Waals surface area contributed by atoms with Gasteiger partial charge >= 0.3 is 0 Å². The number of benzene rings is 1. The SMILES string of the molecule is CCNC(=NCC(C)(C)c1ccc2c(c1)OCCO2)NCCCOCC1CCCO1. The van der Waals surface area contributed by atoms with Gasteiger partial charge in [0.15, 0.2) is 17.5 Å². The van der Waals surface area contributed by atoms with E-state index < -0.39 is 0 Å². The zero-order valence-electron chi connectivity index (χ0n) is 18.7. The molecule has 2 heterocycles. The quantitative estimate of drug-likeness (QED) is 0.345. The zero-order valence-corrected chi connectivity index (χ0v) is 18.7. The van der Waals surface area contributed by atoms with Gasteiger partial charge in [0.1, 0.15) is 13.2 Å². The first-order valence-corrected chi connectivity index (χ1v) is 11.2. The van der Waals surface area contributed by atoms with Crippen molar-refractivity contribution < 1.29 is 18.9 Å². The minimum absolute atomic E-state index is 0.122. The van der Waals surface area contributed by atoms with Gasteiger partial charge in [0.05, 0.1) is 19.3 Å². The first-order chi connectivity index (χ1) is 14.6. The lowest BCUT2D eigenvalue weighted by Gasteiger charge is -2.26. The Bertz CT molecular complexity index is 687. The maximum absolute atomic E-state index is 5.74. The van der Waals surface area contributed by atoms with E-state index in [4.69, 9.17) is 23.9 Å². The monoisotopic (exact) mass is 419 g/mol. The minimum Gasteiger partial charge on any atom is -0.486 e. The molecule has 1 aromatic rings. The van der Waals surface area contributed by atoms with Crippen molar-refractivity contribution in [2.24, 2.45) is 4.99 Å². The molecule has 168 valence electrons. The van der Waals surface area contributed by atoms with Gasteiger partial charge < -0.3 is 29.6 Å². The van der Waals surface area contributed by atoms with Gasteiger partial charge in [-0.25, -0.2) is 0 Å². The van der Waals surface area contributed by atoms with Gasteiger partial charge in [-0.15, -0.1) is 0 Å². The smallest absolute Gasteiger partial charge is 0.191 e. The Morgan fingerprint density at radius 2 is 2.00 bits per heavy atom. The summed E-state index contributed by atoms with van der Waals surface area (Å²) in [7, 11) is 0. The Kier molecular flexibility index (Phi) is 8.63. The molecule has 30 heavy (non-hydrogen) atoms. The number of rotatable bonds is 10. The van der Waals surface area contributed by atoms with Crippen LogP contribution in [-0.2, 0) is 14.9 Å². The molecule has 1 fully saturated rings. The number of aliphatic imine (C=N–C) groups is 1. The Balaban J connectivity index is 1.45. The molecule has 1 unspecified atom stereocenters. The predicted octanol–water partition coefficient (Wildman–Crippen LogP) is 2.88. The molecule has 1 atom stereocenters. The van der Waals surface area contributed by atoms with Crippen LogP contribution < -0.4 is 20.1 Å². The Morgan fingerprint density at radius 3 is 2.77 bits per heavy atom. The number of ether oxygens (including phenoxy) is 4. The van der Waals surface area contributed by atoms with Crippen molar-refractivity contribution in [2.75, 3.05) is 52.7 Å². The minimum atomic E-state index is -0.122. The van der Waals surface area contributed by atoms with Crippen LogP contribution in [0.25, 0.3) is 0 Å². The van der Waals surface area contributed by atoms with E-state index in [0.29, 0.717) is 32.5 Å². The number of guanidine groups is 1. The highest BCUT2D eigenvalue weighted by molar-refractivity contribution is 5.79. The van der Waals surface area contributed by atoms with E-state index in [9.17, 15) is 0 Å². The third-order valence-corrected chi connectivity index (χ3v) is 5.39. The molecule has 0 bridgehead atoms. The largest absolute Gasteiger partial charge is 0.486 e. The highest BCUT2D eigenvalue weighted by Gasteiger charge is 2.23. The van der Waals surface area contributed by atoms with Crippen molar-refractivity contribution >= 4 is 5.96 Å². The van der Waals surface area contributed by atoms with Gasteiger partial charge in [-0.3, -0.25) is 4.99 Å². The fraction of sp³-hybridized carbons (Fsp3) is 0.696. The van der Waals surface area contributed by atoms with Gasteiger partial charge in [0.25, 0.3) is 0 Å². The van der Waals surface area contributed by atoms with Gasteiger partial charge in [-0.1, -0.05) is 19.9 Å². The molecule has 0 saturated carbocycles. The third-order valence-electron chi connectivity index (χ3n) is 5.39. The van der Waals surface area contributed by atoms with Crippen LogP contribution in [0.15, 0.2) is 23.2 Å². The lowest BCUT2D eigenvalue weighted by molar-refractivity contribution is 0.0168.